The van der Waals surface area contributed by atoms with E-state index in [1.165, 1.54) is 30.3 Å². The van der Waals surface area contributed by atoms with Crippen LogP contribution in [0.25, 0.3) is 6.08 Å². The number of carbonyl (C=O) groups excluding carboxylic acids is 1. The lowest BCUT2D eigenvalue weighted by atomic mass is 10.0. The van der Waals surface area contributed by atoms with Gasteiger partial charge in [-0.3, -0.25) is 4.79 Å². The molecule has 0 fully saturated rings. The van der Waals surface area contributed by atoms with Crippen molar-refractivity contribution < 1.29 is 17.4 Å². The van der Waals surface area contributed by atoms with Gasteiger partial charge in [-0.05, 0) is 35.9 Å². The number of allylic oxidation sites excluding steroid dienone is 1. The minimum atomic E-state index is -3.98. The van der Waals surface area contributed by atoms with E-state index in [4.69, 9.17) is 4.18 Å². The van der Waals surface area contributed by atoms with Crippen molar-refractivity contribution in [2.45, 2.75) is 4.90 Å². The smallest absolute Gasteiger partial charge is 0.339 e. The van der Waals surface area contributed by atoms with Crippen LogP contribution in [-0.4, -0.2) is 14.2 Å². The quantitative estimate of drug-likeness (QED) is 0.272. The van der Waals surface area contributed by atoms with Crippen LogP contribution in [-0.2, 0) is 10.1 Å². The number of hydrogen-bond acceptors (Lipinski definition) is 5. The average Bonchev–Trinajstić information content (AvgIpc) is 2.73. The maximum atomic E-state index is 12.5. The Hall–Kier alpha value is -3.69. The Balaban J connectivity index is 1.88. The number of rotatable bonds is 6. The summed E-state index contributed by atoms with van der Waals surface area (Å²) in [6, 6.07) is 24.3. The molecule has 0 aliphatic heterocycles. The van der Waals surface area contributed by atoms with Crippen molar-refractivity contribution in [1.29, 1.82) is 5.26 Å². The molecule has 0 radical (unpaired) electrons. The van der Waals surface area contributed by atoms with Crippen LogP contribution < -0.4 is 4.18 Å². The summed E-state index contributed by atoms with van der Waals surface area (Å²) in [4.78, 5) is 12.5. The number of nitrogens with zero attached hydrogens (tertiary/aromatic N) is 1. The maximum absolute atomic E-state index is 12.5. The van der Waals surface area contributed by atoms with Crippen molar-refractivity contribution in [1.82, 2.24) is 0 Å². The first-order chi connectivity index (χ1) is 13.5. The van der Waals surface area contributed by atoms with E-state index >= 15 is 0 Å². The molecule has 0 aliphatic rings. The van der Waals surface area contributed by atoms with Crippen LogP contribution >= 0.6 is 0 Å². The van der Waals surface area contributed by atoms with Gasteiger partial charge in [-0.15, -0.1) is 0 Å². The van der Waals surface area contributed by atoms with E-state index in [0.29, 0.717) is 11.1 Å². The number of Topliss-reactive ketones (excluding diaryl/α,β-unsaturated/α-hetero) is 1. The Labute approximate surface area is 163 Å². The fourth-order valence-electron chi connectivity index (χ4n) is 2.48. The van der Waals surface area contributed by atoms with Crippen molar-refractivity contribution in [3.63, 3.8) is 0 Å². The molecule has 0 spiro atoms. The van der Waals surface area contributed by atoms with E-state index in [2.05, 4.69) is 0 Å². The number of carbonyl (C=O) groups is 1. The monoisotopic (exact) mass is 389 g/mol. The van der Waals surface area contributed by atoms with E-state index in [1.807, 2.05) is 6.07 Å². The van der Waals surface area contributed by atoms with E-state index < -0.39 is 15.9 Å². The van der Waals surface area contributed by atoms with Crippen molar-refractivity contribution in [3.8, 4) is 11.8 Å². The summed E-state index contributed by atoms with van der Waals surface area (Å²) in [6.07, 6.45) is 1.40. The zero-order chi connectivity index (χ0) is 20.0. The molecule has 0 saturated carbocycles. The SMILES string of the molecule is N#C/C(=C\c1cccc(OS(=O)(=O)c2ccccc2)c1)C(=O)c1ccccc1. The lowest BCUT2D eigenvalue weighted by Gasteiger charge is -2.07. The van der Waals surface area contributed by atoms with Gasteiger partial charge in [0, 0.05) is 5.56 Å². The summed E-state index contributed by atoms with van der Waals surface area (Å²) < 4.78 is 29.8. The lowest BCUT2D eigenvalue weighted by Crippen LogP contribution is -2.09. The summed E-state index contributed by atoms with van der Waals surface area (Å²) in [5.41, 5.74) is 0.810. The minimum Gasteiger partial charge on any atom is -0.379 e. The first-order valence-corrected chi connectivity index (χ1v) is 9.71. The van der Waals surface area contributed by atoms with Gasteiger partial charge in [-0.25, -0.2) is 0 Å². The molecule has 3 aromatic rings. The van der Waals surface area contributed by atoms with Crippen molar-refractivity contribution >= 4 is 22.0 Å². The van der Waals surface area contributed by atoms with Gasteiger partial charge in [-0.1, -0.05) is 60.7 Å². The van der Waals surface area contributed by atoms with Gasteiger partial charge >= 0.3 is 10.1 Å². The van der Waals surface area contributed by atoms with Gasteiger partial charge < -0.3 is 4.18 Å². The summed E-state index contributed by atoms with van der Waals surface area (Å²) >= 11 is 0. The van der Waals surface area contributed by atoms with E-state index in [0.717, 1.165) is 0 Å². The van der Waals surface area contributed by atoms with Gasteiger partial charge in [0.15, 0.2) is 0 Å². The summed E-state index contributed by atoms with van der Waals surface area (Å²) in [5.74, 6) is -0.326. The molecule has 5 nitrogen and oxygen atoms in total. The highest BCUT2D eigenvalue weighted by Gasteiger charge is 2.16. The molecule has 0 unspecified atom stereocenters. The van der Waals surface area contributed by atoms with Crippen LogP contribution in [0.1, 0.15) is 15.9 Å². The van der Waals surface area contributed by atoms with Crippen LogP contribution in [0.5, 0.6) is 5.75 Å². The van der Waals surface area contributed by atoms with Crippen LogP contribution in [0, 0.1) is 11.3 Å². The highest BCUT2D eigenvalue weighted by molar-refractivity contribution is 7.87. The molecule has 3 rings (SSSR count). The van der Waals surface area contributed by atoms with Crippen LogP contribution in [0.4, 0.5) is 0 Å². The molecule has 138 valence electrons. The molecule has 28 heavy (non-hydrogen) atoms. The normalized spacial score (nSPS) is 11.5. The Morgan fingerprint density at radius 2 is 1.54 bits per heavy atom. The molecule has 0 heterocycles. The molecule has 0 bridgehead atoms. The lowest BCUT2D eigenvalue weighted by molar-refractivity contribution is 0.104. The summed E-state index contributed by atoms with van der Waals surface area (Å²) in [6.45, 7) is 0. The van der Waals surface area contributed by atoms with Crippen molar-refractivity contribution in [2.75, 3.05) is 0 Å². The Kier molecular flexibility index (Phi) is 5.68. The number of hydrogen-bond donors (Lipinski definition) is 0. The first kappa shape index (κ1) is 19.1. The Morgan fingerprint density at radius 3 is 2.18 bits per heavy atom. The zero-order valence-electron chi connectivity index (χ0n) is 14.6. The van der Waals surface area contributed by atoms with E-state index in [9.17, 15) is 18.5 Å². The average molecular weight is 389 g/mol. The van der Waals surface area contributed by atoms with Gasteiger partial charge in [-0.2, -0.15) is 13.7 Å². The van der Waals surface area contributed by atoms with E-state index in [1.54, 1.807) is 60.7 Å². The molecule has 0 atom stereocenters. The third-order valence-corrected chi connectivity index (χ3v) is 5.07. The van der Waals surface area contributed by atoms with Gasteiger partial charge in [0.25, 0.3) is 0 Å². The number of nitriles is 1. The van der Waals surface area contributed by atoms with Gasteiger partial charge in [0.1, 0.15) is 22.3 Å². The molecular weight excluding hydrogens is 374 g/mol. The highest BCUT2D eigenvalue weighted by Crippen LogP contribution is 2.21. The van der Waals surface area contributed by atoms with Crippen LogP contribution in [0.2, 0.25) is 0 Å². The molecule has 0 N–H and O–H groups in total. The molecule has 0 aromatic heterocycles. The predicted molar refractivity (Wildman–Crippen MR) is 105 cm³/mol. The summed E-state index contributed by atoms with van der Waals surface area (Å²) in [5, 5.41) is 9.36. The Bertz CT molecular complexity index is 1160. The van der Waals surface area contributed by atoms with Gasteiger partial charge in [0.05, 0.1) is 0 Å². The third kappa shape index (κ3) is 4.53. The number of ketones is 1. The Morgan fingerprint density at radius 1 is 0.893 bits per heavy atom. The fraction of sp³-hybridized carbons (Fsp3) is 0. The second kappa shape index (κ2) is 8.33. The predicted octanol–water partition coefficient (Wildman–Crippen LogP) is 4.24. The third-order valence-electron chi connectivity index (χ3n) is 3.81. The topological polar surface area (TPSA) is 84.2 Å². The second-order valence-corrected chi connectivity index (χ2v) is 7.33. The second-order valence-electron chi connectivity index (χ2n) is 5.79. The van der Waals surface area contributed by atoms with Crippen LogP contribution in [0.15, 0.2) is 95.4 Å². The van der Waals surface area contributed by atoms with Crippen molar-refractivity contribution in [3.05, 3.63) is 102 Å². The number of benzene rings is 3. The molecule has 0 amide bonds. The fourth-order valence-corrected chi connectivity index (χ4v) is 3.42. The highest BCUT2D eigenvalue weighted by atomic mass is 32.2. The zero-order valence-corrected chi connectivity index (χ0v) is 15.5. The molecule has 0 saturated heterocycles. The largest absolute Gasteiger partial charge is 0.379 e. The minimum absolute atomic E-state index is 0.0351. The molecular formula is C22H15NO4S. The van der Waals surface area contributed by atoms with E-state index in [-0.39, 0.29) is 16.2 Å². The molecule has 3 aromatic carbocycles. The van der Waals surface area contributed by atoms with Crippen molar-refractivity contribution in [2.24, 2.45) is 0 Å². The summed E-state index contributed by atoms with van der Waals surface area (Å²) in [7, 11) is -3.98. The van der Waals surface area contributed by atoms with Crippen LogP contribution in [0.3, 0.4) is 0 Å². The first-order valence-electron chi connectivity index (χ1n) is 8.31. The standard InChI is InChI=1S/C22H15NO4S/c23-16-19(22(24)18-9-3-1-4-10-18)14-17-8-7-11-20(15-17)27-28(25,26)21-12-5-2-6-13-21/h1-15H/b19-14+. The van der Waals surface area contributed by atoms with Gasteiger partial charge in [0.2, 0.25) is 5.78 Å². The molecule has 6 heteroatoms. The molecule has 0 aliphatic carbocycles. The maximum Gasteiger partial charge on any atom is 0.339 e.